The lowest BCUT2D eigenvalue weighted by atomic mass is 10.0. The van der Waals surface area contributed by atoms with Crippen molar-refractivity contribution in [1.29, 1.82) is 0 Å². The minimum Gasteiger partial charge on any atom is -0.487 e. The number of rotatable bonds is 5. The highest BCUT2D eigenvalue weighted by atomic mass is 16.5. The average molecular weight is 421 g/mol. The average Bonchev–Trinajstić information content (AvgIpc) is 2.81. The van der Waals surface area contributed by atoms with E-state index in [1.165, 1.54) is 0 Å². The van der Waals surface area contributed by atoms with Crippen LogP contribution in [0.4, 0.5) is 0 Å². The van der Waals surface area contributed by atoms with E-state index in [9.17, 15) is 4.79 Å². The van der Waals surface area contributed by atoms with Gasteiger partial charge in [-0.05, 0) is 55.8 Å². The van der Waals surface area contributed by atoms with E-state index in [2.05, 4.69) is 16.8 Å². The SMILES string of the molecule is CCOC(=O)c1c(C)cccc1C#Cc1cccc(OCc2ccc3ccccc3n2)c1. The molecular weight excluding hydrogens is 398 g/mol. The van der Waals surface area contributed by atoms with Crippen LogP contribution in [0.3, 0.4) is 0 Å². The number of benzene rings is 3. The molecule has 0 saturated carbocycles. The summed E-state index contributed by atoms with van der Waals surface area (Å²) in [6.45, 7) is 4.37. The monoisotopic (exact) mass is 421 g/mol. The Balaban J connectivity index is 1.51. The number of nitrogens with zero attached hydrogens (tertiary/aromatic N) is 1. The minimum atomic E-state index is -0.352. The van der Waals surface area contributed by atoms with Crippen LogP contribution in [0.15, 0.2) is 78.9 Å². The number of carbonyl (C=O) groups is 1. The summed E-state index contributed by atoms with van der Waals surface area (Å²) in [5, 5.41) is 1.10. The molecule has 1 aromatic heterocycles. The van der Waals surface area contributed by atoms with Crippen LogP contribution in [0.2, 0.25) is 0 Å². The van der Waals surface area contributed by atoms with E-state index in [0.29, 0.717) is 30.1 Å². The van der Waals surface area contributed by atoms with Crippen LogP contribution in [0, 0.1) is 18.8 Å². The molecule has 32 heavy (non-hydrogen) atoms. The lowest BCUT2D eigenvalue weighted by Crippen LogP contribution is -2.09. The molecule has 3 aromatic carbocycles. The molecule has 1 heterocycles. The molecule has 0 fully saturated rings. The Bertz CT molecular complexity index is 1330. The van der Waals surface area contributed by atoms with Gasteiger partial charge in [-0.2, -0.15) is 0 Å². The highest BCUT2D eigenvalue weighted by Gasteiger charge is 2.14. The molecule has 0 N–H and O–H groups in total. The van der Waals surface area contributed by atoms with Gasteiger partial charge in [0.2, 0.25) is 0 Å². The van der Waals surface area contributed by atoms with Crippen LogP contribution in [0.25, 0.3) is 10.9 Å². The topological polar surface area (TPSA) is 48.4 Å². The van der Waals surface area contributed by atoms with Crippen molar-refractivity contribution in [3.05, 3.63) is 107 Å². The standard InChI is InChI=1S/C28H23NO3/c1-3-31-28(30)27-20(2)8-6-11-23(27)15-14-21-9-7-12-25(18-21)32-19-24-17-16-22-10-4-5-13-26(22)29-24/h4-13,16-18H,3,19H2,1-2H3. The summed E-state index contributed by atoms with van der Waals surface area (Å²) in [6, 6.07) is 25.2. The van der Waals surface area contributed by atoms with Gasteiger partial charge in [0.25, 0.3) is 0 Å². The number of pyridine rings is 1. The largest absolute Gasteiger partial charge is 0.487 e. The number of hydrogen-bond acceptors (Lipinski definition) is 4. The number of aryl methyl sites for hydroxylation is 1. The Hall–Kier alpha value is -4.10. The lowest BCUT2D eigenvalue weighted by molar-refractivity contribution is 0.0525. The van der Waals surface area contributed by atoms with Gasteiger partial charge in [0, 0.05) is 16.5 Å². The summed E-state index contributed by atoms with van der Waals surface area (Å²) in [5.41, 5.74) is 4.61. The Morgan fingerprint density at radius 3 is 2.66 bits per heavy atom. The van der Waals surface area contributed by atoms with E-state index < -0.39 is 0 Å². The zero-order valence-electron chi connectivity index (χ0n) is 18.1. The van der Waals surface area contributed by atoms with Gasteiger partial charge in [0.15, 0.2) is 0 Å². The van der Waals surface area contributed by atoms with Crippen molar-refractivity contribution in [2.24, 2.45) is 0 Å². The number of para-hydroxylation sites is 1. The summed E-state index contributed by atoms with van der Waals surface area (Å²) in [4.78, 5) is 17.0. The molecule has 0 aliphatic carbocycles. The zero-order chi connectivity index (χ0) is 22.3. The Morgan fingerprint density at radius 1 is 0.938 bits per heavy atom. The summed E-state index contributed by atoms with van der Waals surface area (Å²) >= 11 is 0. The molecule has 0 aliphatic rings. The van der Waals surface area contributed by atoms with Gasteiger partial charge in [-0.1, -0.05) is 54.3 Å². The van der Waals surface area contributed by atoms with Crippen molar-refractivity contribution >= 4 is 16.9 Å². The summed E-state index contributed by atoms with van der Waals surface area (Å²) in [7, 11) is 0. The fourth-order valence-electron chi connectivity index (χ4n) is 3.40. The van der Waals surface area contributed by atoms with Crippen molar-refractivity contribution in [3.63, 3.8) is 0 Å². The molecule has 0 spiro atoms. The molecular formula is C28H23NO3. The Labute approximate surface area is 187 Å². The normalized spacial score (nSPS) is 10.3. The third-order valence-electron chi connectivity index (χ3n) is 4.97. The van der Waals surface area contributed by atoms with E-state index in [-0.39, 0.29) is 5.97 Å². The van der Waals surface area contributed by atoms with Crippen LogP contribution in [0.1, 0.15) is 39.7 Å². The number of aromatic nitrogens is 1. The minimum absolute atomic E-state index is 0.325. The molecule has 0 aliphatic heterocycles. The van der Waals surface area contributed by atoms with Crippen molar-refractivity contribution in [3.8, 4) is 17.6 Å². The van der Waals surface area contributed by atoms with Crippen LogP contribution < -0.4 is 4.74 Å². The second-order valence-corrected chi connectivity index (χ2v) is 7.28. The van der Waals surface area contributed by atoms with Gasteiger partial charge in [-0.3, -0.25) is 0 Å². The molecule has 4 heteroatoms. The number of carbonyl (C=O) groups excluding carboxylic acids is 1. The van der Waals surface area contributed by atoms with Gasteiger partial charge < -0.3 is 9.47 Å². The van der Waals surface area contributed by atoms with E-state index >= 15 is 0 Å². The summed E-state index contributed by atoms with van der Waals surface area (Å²) < 4.78 is 11.1. The molecule has 0 unspecified atom stereocenters. The number of fused-ring (bicyclic) bond motifs is 1. The van der Waals surface area contributed by atoms with Crippen molar-refractivity contribution in [2.45, 2.75) is 20.5 Å². The van der Waals surface area contributed by atoms with Gasteiger partial charge >= 0.3 is 5.97 Å². The molecule has 0 saturated heterocycles. The van der Waals surface area contributed by atoms with E-state index in [4.69, 9.17) is 9.47 Å². The van der Waals surface area contributed by atoms with E-state index in [0.717, 1.165) is 27.7 Å². The molecule has 0 bridgehead atoms. The highest BCUT2D eigenvalue weighted by Crippen LogP contribution is 2.18. The van der Waals surface area contributed by atoms with Gasteiger partial charge in [0.1, 0.15) is 12.4 Å². The van der Waals surface area contributed by atoms with Crippen LogP contribution in [0.5, 0.6) is 5.75 Å². The first-order valence-electron chi connectivity index (χ1n) is 10.5. The van der Waals surface area contributed by atoms with Crippen molar-refractivity contribution < 1.29 is 14.3 Å². The molecule has 0 amide bonds. The van der Waals surface area contributed by atoms with Crippen molar-refractivity contribution in [2.75, 3.05) is 6.61 Å². The maximum absolute atomic E-state index is 12.3. The first-order chi connectivity index (χ1) is 15.6. The first kappa shape index (κ1) is 21.1. The predicted molar refractivity (Wildman–Crippen MR) is 126 cm³/mol. The smallest absolute Gasteiger partial charge is 0.339 e. The zero-order valence-corrected chi connectivity index (χ0v) is 18.1. The van der Waals surface area contributed by atoms with Gasteiger partial charge in [0.05, 0.1) is 23.4 Å². The third kappa shape index (κ3) is 4.96. The van der Waals surface area contributed by atoms with Crippen LogP contribution in [-0.4, -0.2) is 17.6 Å². The van der Waals surface area contributed by atoms with Gasteiger partial charge in [-0.15, -0.1) is 0 Å². The third-order valence-corrected chi connectivity index (χ3v) is 4.97. The van der Waals surface area contributed by atoms with Crippen molar-refractivity contribution in [1.82, 2.24) is 4.98 Å². The fraction of sp³-hybridized carbons (Fsp3) is 0.143. The van der Waals surface area contributed by atoms with E-state index in [1.807, 2.05) is 85.8 Å². The molecule has 0 atom stereocenters. The molecule has 4 nitrogen and oxygen atoms in total. The first-order valence-corrected chi connectivity index (χ1v) is 10.5. The Morgan fingerprint density at radius 2 is 1.78 bits per heavy atom. The predicted octanol–water partition coefficient (Wildman–Crippen LogP) is 5.70. The van der Waals surface area contributed by atoms with Crippen LogP contribution in [-0.2, 0) is 11.3 Å². The summed E-state index contributed by atoms with van der Waals surface area (Å²) in [5.74, 6) is 6.60. The second kappa shape index (κ2) is 9.80. The summed E-state index contributed by atoms with van der Waals surface area (Å²) in [6.07, 6.45) is 0. The highest BCUT2D eigenvalue weighted by molar-refractivity contribution is 5.94. The van der Waals surface area contributed by atoms with E-state index in [1.54, 1.807) is 6.92 Å². The van der Waals surface area contributed by atoms with Crippen LogP contribution >= 0.6 is 0 Å². The number of ether oxygens (including phenoxy) is 2. The molecule has 158 valence electrons. The molecule has 4 rings (SSSR count). The Kier molecular flexibility index (Phi) is 6.48. The fourth-order valence-corrected chi connectivity index (χ4v) is 3.40. The quantitative estimate of drug-likeness (QED) is 0.306. The maximum Gasteiger partial charge on any atom is 0.339 e. The lowest BCUT2D eigenvalue weighted by Gasteiger charge is -2.08. The number of esters is 1. The second-order valence-electron chi connectivity index (χ2n) is 7.28. The maximum atomic E-state index is 12.3. The molecule has 0 radical (unpaired) electrons. The number of hydrogen-bond donors (Lipinski definition) is 0. The van der Waals surface area contributed by atoms with Gasteiger partial charge in [-0.25, -0.2) is 9.78 Å². The molecule has 4 aromatic rings.